The molecule has 4 rings (SSSR count). The number of hydrogen-bond donors (Lipinski definition) is 0. The molecular weight excluding hydrogens is 404 g/mol. The van der Waals surface area contributed by atoms with Gasteiger partial charge in [-0.1, -0.05) is 34.6 Å². The van der Waals surface area contributed by atoms with Gasteiger partial charge in [0.05, 0.1) is 36.9 Å². The van der Waals surface area contributed by atoms with Gasteiger partial charge in [-0.15, -0.1) is 0 Å². The number of amides is 1. The van der Waals surface area contributed by atoms with Crippen molar-refractivity contribution in [2.75, 3.05) is 25.4 Å². The third-order valence-corrected chi connectivity index (χ3v) is 5.49. The van der Waals surface area contributed by atoms with Gasteiger partial charge in [0.15, 0.2) is 11.5 Å². The number of carbonyl (C=O) groups is 1. The Balaban J connectivity index is 2.11. The summed E-state index contributed by atoms with van der Waals surface area (Å²) in [6.07, 6.45) is 1.04. The third-order valence-electron chi connectivity index (χ3n) is 4.95. The van der Waals surface area contributed by atoms with E-state index in [0.717, 1.165) is 0 Å². The van der Waals surface area contributed by atoms with Crippen molar-refractivity contribution in [1.82, 2.24) is 10.1 Å². The van der Waals surface area contributed by atoms with Crippen LogP contribution < -0.4 is 24.2 Å². The van der Waals surface area contributed by atoms with Gasteiger partial charge in [-0.2, -0.15) is 0 Å². The Kier molecular flexibility index (Phi) is 5.21. The van der Waals surface area contributed by atoms with Crippen molar-refractivity contribution in [1.29, 1.82) is 0 Å². The summed E-state index contributed by atoms with van der Waals surface area (Å²) in [5.74, 6) is 0.371. The summed E-state index contributed by atoms with van der Waals surface area (Å²) in [7, 11) is 3.08. The largest absolute Gasteiger partial charge is 0.854 e. The number of fused-ring (bicyclic) bond motifs is 3. The van der Waals surface area contributed by atoms with Crippen molar-refractivity contribution < 1.29 is 24.1 Å². The van der Waals surface area contributed by atoms with Gasteiger partial charge in [0, 0.05) is 12.0 Å². The van der Waals surface area contributed by atoms with Gasteiger partial charge >= 0.3 is 0 Å². The van der Waals surface area contributed by atoms with Crippen molar-refractivity contribution in [3.8, 4) is 28.6 Å². The number of anilines is 1. The van der Waals surface area contributed by atoms with Crippen molar-refractivity contribution in [3.63, 3.8) is 0 Å². The van der Waals surface area contributed by atoms with Crippen molar-refractivity contribution in [2.45, 2.75) is 18.2 Å². The Morgan fingerprint density at radius 3 is 2.60 bits per heavy atom. The molecule has 2 aromatic carbocycles. The lowest BCUT2D eigenvalue weighted by atomic mass is 10.0. The molecule has 154 valence electrons. The van der Waals surface area contributed by atoms with Crippen LogP contribution in [0.2, 0.25) is 0 Å². The van der Waals surface area contributed by atoms with Crippen LogP contribution in [-0.4, -0.2) is 36.5 Å². The van der Waals surface area contributed by atoms with Crippen molar-refractivity contribution >= 4 is 23.4 Å². The summed E-state index contributed by atoms with van der Waals surface area (Å²) in [5.41, 5.74) is 2.16. The quantitative estimate of drug-likeness (QED) is 0.468. The Bertz CT molecular complexity index is 1140. The van der Waals surface area contributed by atoms with E-state index in [1.165, 1.54) is 25.8 Å². The van der Waals surface area contributed by atoms with Crippen LogP contribution in [0, 0.1) is 0 Å². The maximum atomic E-state index is 13.0. The van der Waals surface area contributed by atoms with Gasteiger partial charge in [0.1, 0.15) is 0 Å². The van der Waals surface area contributed by atoms with Crippen LogP contribution in [0.1, 0.15) is 18.7 Å². The number of nitrogens with zero attached hydrogens (tertiary/aromatic N) is 4. The molecule has 9 heteroatoms. The number of methoxy groups -OCH3 is 2. The highest BCUT2D eigenvalue weighted by Gasteiger charge is 2.45. The van der Waals surface area contributed by atoms with Crippen molar-refractivity contribution in [2.24, 2.45) is 0 Å². The van der Waals surface area contributed by atoms with Gasteiger partial charge in [-0.3, -0.25) is 4.79 Å². The summed E-state index contributed by atoms with van der Waals surface area (Å²) in [6, 6.07) is 12.7. The molecule has 2 heterocycles. The van der Waals surface area contributed by atoms with Crippen molar-refractivity contribution in [3.05, 3.63) is 48.0 Å². The smallest absolute Gasteiger partial charge is 0.296 e. The SMILES string of the molecule is COc1cccc(C2N(C(C)=O)c3ccccc3-c3c([O-])nc(SC)n[n+]32)c1OC. The van der Waals surface area contributed by atoms with Gasteiger partial charge in [-0.05, 0) is 30.5 Å². The van der Waals surface area contributed by atoms with Crippen LogP contribution in [0.3, 0.4) is 0 Å². The first-order valence-corrected chi connectivity index (χ1v) is 10.4. The minimum absolute atomic E-state index is 0.202. The Morgan fingerprint density at radius 2 is 1.93 bits per heavy atom. The van der Waals surface area contributed by atoms with Gasteiger partial charge in [0.25, 0.3) is 17.0 Å². The lowest BCUT2D eigenvalue weighted by Gasteiger charge is -2.33. The highest BCUT2D eigenvalue weighted by atomic mass is 32.2. The molecule has 1 unspecified atom stereocenters. The lowest BCUT2D eigenvalue weighted by Crippen LogP contribution is -2.58. The van der Waals surface area contributed by atoms with Crippen LogP contribution in [0.15, 0.2) is 47.6 Å². The molecule has 0 aliphatic carbocycles. The standard InChI is InChI=1S/C21H20N4O4S/c1-12(26)24-15-10-6-5-8-13(15)17-19(27)22-21(30-4)23-25(17)20(24)14-9-7-11-16(28-2)18(14)29-3/h5-11,20H,1-4H3. The number of para-hydroxylation sites is 2. The van der Waals surface area contributed by atoms with E-state index in [1.54, 1.807) is 35.1 Å². The number of benzene rings is 2. The molecule has 0 spiro atoms. The molecule has 1 aliphatic heterocycles. The minimum Gasteiger partial charge on any atom is -0.854 e. The first-order valence-electron chi connectivity index (χ1n) is 9.16. The zero-order valence-corrected chi connectivity index (χ0v) is 17.8. The van der Waals surface area contributed by atoms with E-state index in [9.17, 15) is 9.90 Å². The minimum atomic E-state index is -0.751. The Morgan fingerprint density at radius 1 is 1.17 bits per heavy atom. The molecule has 0 saturated carbocycles. The monoisotopic (exact) mass is 424 g/mol. The second-order valence-corrected chi connectivity index (χ2v) is 7.33. The fraction of sp³-hybridized carbons (Fsp3) is 0.238. The number of ether oxygens (including phenoxy) is 2. The summed E-state index contributed by atoms with van der Waals surface area (Å²) < 4.78 is 12.6. The fourth-order valence-electron chi connectivity index (χ4n) is 3.76. The molecule has 0 saturated heterocycles. The number of rotatable bonds is 4. The number of aromatic nitrogens is 3. The first-order chi connectivity index (χ1) is 14.5. The van der Waals surface area contributed by atoms with Crippen LogP contribution in [0.25, 0.3) is 11.3 Å². The number of thioether (sulfide) groups is 1. The summed E-state index contributed by atoms with van der Waals surface area (Å²) in [4.78, 5) is 18.6. The summed E-state index contributed by atoms with van der Waals surface area (Å²) >= 11 is 1.26. The zero-order chi connectivity index (χ0) is 21.4. The first kappa shape index (κ1) is 20.0. The fourth-order valence-corrected chi connectivity index (χ4v) is 4.10. The third kappa shape index (κ3) is 3.02. The molecular formula is C21H20N4O4S. The van der Waals surface area contributed by atoms with E-state index < -0.39 is 12.0 Å². The molecule has 0 N–H and O–H groups in total. The highest BCUT2D eigenvalue weighted by molar-refractivity contribution is 7.98. The molecule has 30 heavy (non-hydrogen) atoms. The molecule has 3 aromatic rings. The molecule has 1 aliphatic rings. The molecule has 1 aromatic heterocycles. The molecule has 1 atom stereocenters. The van der Waals surface area contributed by atoms with Crippen LogP contribution in [-0.2, 0) is 4.79 Å². The maximum absolute atomic E-state index is 13.0. The topological polar surface area (TPSA) is 91.5 Å². The van der Waals surface area contributed by atoms with E-state index >= 15 is 0 Å². The van der Waals surface area contributed by atoms with Crippen LogP contribution in [0.4, 0.5) is 5.69 Å². The second-order valence-electron chi connectivity index (χ2n) is 6.56. The van der Waals surface area contributed by atoms with Gasteiger partial charge in [0.2, 0.25) is 5.91 Å². The predicted molar refractivity (Wildman–Crippen MR) is 110 cm³/mol. The van der Waals surface area contributed by atoms with E-state index in [4.69, 9.17) is 9.47 Å². The van der Waals surface area contributed by atoms with E-state index in [1.807, 2.05) is 30.3 Å². The van der Waals surface area contributed by atoms with E-state index in [2.05, 4.69) is 10.1 Å². The highest BCUT2D eigenvalue weighted by Crippen LogP contribution is 2.44. The van der Waals surface area contributed by atoms with Crippen LogP contribution in [0.5, 0.6) is 17.4 Å². The molecule has 0 fully saturated rings. The maximum Gasteiger partial charge on any atom is 0.296 e. The Labute approximate surface area is 178 Å². The van der Waals surface area contributed by atoms with Crippen LogP contribution >= 0.6 is 11.8 Å². The Hall–Kier alpha value is -3.33. The summed E-state index contributed by atoms with van der Waals surface area (Å²) in [6.45, 7) is 1.48. The number of carbonyl (C=O) groups excluding carboxylic acids is 1. The predicted octanol–water partition coefficient (Wildman–Crippen LogP) is 2.16. The second kappa shape index (κ2) is 7.83. The lowest BCUT2D eigenvalue weighted by molar-refractivity contribution is -0.764. The molecule has 0 radical (unpaired) electrons. The molecule has 0 bridgehead atoms. The average Bonchev–Trinajstić information content (AvgIpc) is 2.76. The van der Waals surface area contributed by atoms with E-state index in [-0.39, 0.29) is 5.91 Å². The normalized spacial score (nSPS) is 14.7. The molecule has 1 amide bonds. The number of hydrogen-bond acceptors (Lipinski definition) is 7. The zero-order valence-electron chi connectivity index (χ0n) is 16.9. The average molecular weight is 424 g/mol. The van der Waals surface area contributed by atoms with E-state index in [0.29, 0.717) is 39.2 Å². The van der Waals surface area contributed by atoms with Gasteiger partial charge in [-0.25, -0.2) is 9.88 Å². The molecule has 8 nitrogen and oxygen atoms in total. The summed E-state index contributed by atoms with van der Waals surface area (Å²) in [5, 5.41) is 17.9. The van der Waals surface area contributed by atoms with Gasteiger partial charge < -0.3 is 14.6 Å².